The maximum absolute atomic E-state index is 6.16. The van der Waals surface area contributed by atoms with Crippen molar-refractivity contribution in [2.45, 2.75) is 47.1 Å². The molecule has 0 spiro atoms. The number of rotatable bonds is 5. The molecule has 0 aliphatic rings. The van der Waals surface area contributed by atoms with Crippen molar-refractivity contribution in [2.24, 2.45) is 0 Å². The molecule has 96 valence electrons. The minimum Gasteiger partial charge on any atom is -0.486 e. The Morgan fingerprint density at radius 3 is 2.12 bits per heavy atom. The maximum Gasteiger partial charge on any atom is 0.126 e. The second kappa shape index (κ2) is 5.54. The normalized spacial score (nSPS) is 11.6. The Bertz CT molecular complexity index is 360. The summed E-state index contributed by atoms with van der Waals surface area (Å²) in [6.45, 7) is 14.5. The molecule has 0 aromatic heterocycles. The predicted molar refractivity (Wildman–Crippen MR) is 73.9 cm³/mol. The van der Waals surface area contributed by atoms with Gasteiger partial charge in [-0.3, -0.25) is 0 Å². The molecule has 0 bridgehead atoms. The molecule has 0 radical (unpaired) electrons. The lowest BCUT2D eigenvalue weighted by Gasteiger charge is -2.28. The third-order valence-corrected chi connectivity index (χ3v) is 2.78. The van der Waals surface area contributed by atoms with E-state index in [-0.39, 0.29) is 5.60 Å². The molecule has 0 aliphatic heterocycles. The van der Waals surface area contributed by atoms with E-state index in [4.69, 9.17) is 4.74 Å². The number of hydrogen-bond donors (Lipinski definition) is 1. The molecule has 0 fully saturated rings. The van der Waals surface area contributed by atoms with Crippen LogP contribution >= 0.6 is 0 Å². The highest BCUT2D eigenvalue weighted by molar-refractivity contribution is 5.43. The summed E-state index contributed by atoms with van der Waals surface area (Å²) < 4.78 is 6.16. The SMILES string of the molecule is CCNCC(C)(C)Oc1c(C)cc(C)cc1C. The smallest absolute Gasteiger partial charge is 0.126 e. The molecule has 1 N–H and O–H groups in total. The lowest BCUT2D eigenvalue weighted by molar-refractivity contribution is 0.107. The first kappa shape index (κ1) is 14.0. The molecular formula is C15H25NO. The van der Waals surface area contributed by atoms with Gasteiger partial charge < -0.3 is 10.1 Å². The Hall–Kier alpha value is -1.02. The van der Waals surface area contributed by atoms with Crippen molar-refractivity contribution < 1.29 is 4.74 Å². The summed E-state index contributed by atoms with van der Waals surface area (Å²) in [6.07, 6.45) is 0. The van der Waals surface area contributed by atoms with Gasteiger partial charge in [0.2, 0.25) is 0 Å². The molecule has 0 aliphatic carbocycles. The van der Waals surface area contributed by atoms with Gasteiger partial charge in [-0.25, -0.2) is 0 Å². The minimum atomic E-state index is -0.180. The van der Waals surface area contributed by atoms with E-state index in [0.717, 1.165) is 18.8 Å². The van der Waals surface area contributed by atoms with E-state index in [1.54, 1.807) is 0 Å². The van der Waals surface area contributed by atoms with Gasteiger partial charge >= 0.3 is 0 Å². The summed E-state index contributed by atoms with van der Waals surface area (Å²) in [4.78, 5) is 0. The van der Waals surface area contributed by atoms with Crippen LogP contribution in [0.25, 0.3) is 0 Å². The minimum absolute atomic E-state index is 0.180. The van der Waals surface area contributed by atoms with Crippen molar-refractivity contribution in [2.75, 3.05) is 13.1 Å². The van der Waals surface area contributed by atoms with E-state index in [1.807, 2.05) is 0 Å². The number of ether oxygens (including phenoxy) is 1. The van der Waals surface area contributed by atoms with Crippen molar-refractivity contribution in [1.29, 1.82) is 0 Å². The molecular weight excluding hydrogens is 210 g/mol. The van der Waals surface area contributed by atoms with Gasteiger partial charge in [-0.15, -0.1) is 0 Å². The summed E-state index contributed by atoms with van der Waals surface area (Å²) >= 11 is 0. The zero-order valence-corrected chi connectivity index (χ0v) is 12.0. The molecule has 0 saturated heterocycles. The number of hydrogen-bond acceptors (Lipinski definition) is 2. The van der Waals surface area contributed by atoms with E-state index in [9.17, 15) is 0 Å². The Balaban J connectivity index is 2.87. The number of aryl methyl sites for hydroxylation is 3. The number of likely N-dealkylation sites (N-methyl/N-ethyl adjacent to an activating group) is 1. The van der Waals surface area contributed by atoms with Gasteiger partial charge in [-0.2, -0.15) is 0 Å². The number of benzene rings is 1. The van der Waals surface area contributed by atoms with Crippen LogP contribution in [0, 0.1) is 20.8 Å². The van der Waals surface area contributed by atoms with Crippen LogP contribution in [0.1, 0.15) is 37.5 Å². The van der Waals surface area contributed by atoms with Crippen molar-refractivity contribution in [3.63, 3.8) is 0 Å². The van der Waals surface area contributed by atoms with Crippen molar-refractivity contribution in [3.05, 3.63) is 28.8 Å². The van der Waals surface area contributed by atoms with Crippen LogP contribution in [0.15, 0.2) is 12.1 Å². The standard InChI is InChI=1S/C15H25NO/c1-7-16-10-15(5,6)17-14-12(3)8-11(2)9-13(14)4/h8-9,16H,7,10H2,1-6H3. The zero-order valence-electron chi connectivity index (χ0n) is 12.0. The van der Waals surface area contributed by atoms with Crippen LogP contribution < -0.4 is 10.1 Å². The monoisotopic (exact) mass is 235 g/mol. The lowest BCUT2D eigenvalue weighted by Crippen LogP contribution is -2.40. The van der Waals surface area contributed by atoms with E-state index in [2.05, 4.69) is 59.0 Å². The highest BCUT2D eigenvalue weighted by Gasteiger charge is 2.21. The first-order valence-corrected chi connectivity index (χ1v) is 6.33. The van der Waals surface area contributed by atoms with Crippen LogP contribution in [0.4, 0.5) is 0 Å². The van der Waals surface area contributed by atoms with Crippen LogP contribution in [0.5, 0.6) is 5.75 Å². The van der Waals surface area contributed by atoms with Gasteiger partial charge in [0.15, 0.2) is 0 Å². The zero-order chi connectivity index (χ0) is 13.1. The molecule has 0 atom stereocenters. The van der Waals surface area contributed by atoms with Crippen LogP contribution in [0.2, 0.25) is 0 Å². The van der Waals surface area contributed by atoms with Gasteiger partial charge in [0, 0.05) is 6.54 Å². The van der Waals surface area contributed by atoms with Crippen molar-refractivity contribution in [3.8, 4) is 5.75 Å². The van der Waals surface area contributed by atoms with Crippen LogP contribution in [-0.2, 0) is 0 Å². The fourth-order valence-electron chi connectivity index (χ4n) is 2.07. The van der Waals surface area contributed by atoms with Gasteiger partial charge in [-0.1, -0.05) is 24.6 Å². The predicted octanol–water partition coefficient (Wildman–Crippen LogP) is 3.38. The molecule has 1 rings (SSSR count). The van der Waals surface area contributed by atoms with Gasteiger partial charge in [-0.05, 0) is 52.3 Å². The second-order valence-electron chi connectivity index (χ2n) is 5.37. The first-order valence-electron chi connectivity index (χ1n) is 6.33. The Labute approximate surface area is 105 Å². The first-order chi connectivity index (χ1) is 7.85. The summed E-state index contributed by atoms with van der Waals surface area (Å²) in [6, 6.07) is 4.34. The fraction of sp³-hybridized carbons (Fsp3) is 0.600. The Kier molecular flexibility index (Phi) is 4.58. The maximum atomic E-state index is 6.16. The van der Waals surface area contributed by atoms with E-state index in [1.165, 1.54) is 16.7 Å². The molecule has 0 unspecified atom stereocenters. The fourth-order valence-corrected chi connectivity index (χ4v) is 2.07. The van der Waals surface area contributed by atoms with Crippen LogP contribution in [-0.4, -0.2) is 18.7 Å². The average Bonchev–Trinajstić information content (AvgIpc) is 2.21. The van der Waals surface area contributed by atoms with Crippen LogP contribution in [0.3, 0.4) is 0 Å². The third-order valence-electron chi connectivity index (χ3n) is 2.78. The van der Waals surface area contributed by atoms with Crippen molar-refractivity contribution in [1.82, 2.24) is 5.32 Å². The van der Waals surface area contributed by atoms with E-state index < -0.39 is 0 Å². The molecule has 2 heteroatoms. The highest BCUT2D eigenvalue weighted by Crippen LogP contribution is 2.28. The molecule has 2 nitrogen and oxygen atoms in total. The molecule has 0 amide bonds. The second-order valence-corrected chi connectivity index (χ2v) is 5.37. The molecule has 1 aromatic carbocycles. The number of nitrogens with one attached hydrogen (secondary N) is 1. The third kappa shape index (κ3) is 4.04. The summed E-state index contributed by atoms with van der Waals surface area (Å²) in [7, 11) is 0. The largest absolute Gasteiger partial charge is 0.486 e. The molecule has 1 aromatic rings. The summed E-state index contributed by atoms with van der Waals surface area (Å²) in [5, 5.41) is 3.33. The summed E-state index contributed by atoms with van der Waals surface area (Å²) in [5.41, 5.74) is 3.54. The lowest BCUT2D eigenvalue weighted by atomic mass is 10.0. The molecule has 0 saturated carbocycles. The molecule has 17 heavy (non-hydrogen) atoms. The Morgan fingerprint density at radius 1 is 1.12 bits per heavy atom. The van der Waals surface area contributed by atoms with E-state index in [0.29, 0.717) is 0 Å². The van der Waals surface area contributed by atoms with Gasteiger partial charge in [0.1, 0.15) is 11.4 Å². The summed E-state index contributed by atoms with van der Waals surface area (Å²) in [5.74, 6) is 1.03. The van der Waals surface area contributed by atoms with Gasteiger partial charge in [0.25, 0.3) is 0 Å². The topological polar surface area (TPSA) is 21.3 Å². The quantitative estimate of drug-likeness (QED) is 0.844. The Morgan fingerprint density at radius 2 is 1.65 bits per heavy atom. The average molecular weight is 235 g/mol. The van der Waals surface area contributed by atoms with E-state index >= 15 is 0 Å². The van der Waals surface area contributed by atoms with Gasteiger partial charge in [0.05, 0.1) is 0 Å². The molecule has 0 heterocycles. The highest BCUT2D eigenvalue weighted by atomic mass is 16.5. The van der Waals surface area contributed by atoms with Crippen molar-refractivity contribution >= 4 is 0 Å².